The number of amides is 2. The standard InChI is InChI=1S/C13H17Cl2N3O3/c1-6-5-8(3-4-18(6)13(20)21)17-12(19)11-10(15)9(14)7(2)16-11/h6,8,16H,3-5H2,1-2H3,(H,17,19)(H,20,21). The number of carbonyl (C=O) groups excluding carboxylic acids is 1. The zero-order valence-corrected chi connectivity index (χ0v) is 13.3. The van der Waals surface area contributed by atoms with Crippen LogP contribution in [-0.4, -0.2) is 45.6 Å². The van der Waals surface area contributed by atoms with Crippen molar-refractivity contribution in [3.05, 3.63) is 21.4 Å². The van der Waals surface area contributed by atoms with Crippen molar-refractivity contribution in [1.29, 1.82) is 0 Å². The van der Waals surface area contributed by atoms with E-state index < -0.39 is 6.09 Å². The third kappa shape index (κ3) is 3.27. The van der Waals surface area contributed by atoms with Gasteiger partial charge < -0.3 is 20.3 Å². The van der Waals surface area contributed by atoms with Gasteiger partial charge in [0, 0.05) is 24.3 Å². The Kier molecular flexibility index (Phi) is 4.68. The van der Waals surface area contributed by atoms with E-state index in [9.17, 15) is 9.59 Å². The summed E-state index contributed by atoms with van der Waals surface area (Å²) in [5.74, 6) is -0.323. The summed E-state index contributed by atoms with van der Waals surface area (Å²) in [5.41, 5.74) is 0.883. The van der Waals surface area contributed by atoms with Crippen LogP contribution < -0.4 is 5.32 Å². The smallest absolute Gasteiger partial charge is 0.407 e. The highest BCUT2D eigenvalue weighted by atomic mass is 35.5. The molecule has 0 bridgehead atoms. The number of piperidine rings is 1. The van der Waals surface area contributed by atoms with Crippen LogP contribution in [0.2, 0.25) is 10.0 Å². The van der Waals surface area contributed by atoms with Gasteiger partial charge in [-0.1, -0.05) is 23.2 Å². The summed E-state index contributed by atoms with van der Waals surface area (Å²) in [7, 11) is 0. The molecule has 2 unspecified atom stereocenters. The zero-order valence-electron chi connectivity index (χ0n) is 11.7. The summed E-state index contributed by atoms with van der Waals surface area (Å²) in [4.78, 5) is 27.4. The Labute approximate surface area is 132 Å². The molecule has 0 aliphatic carbocycles. The number of aryl methyl sites for hydroxylation is 1. The maximum Gasteiger partial charge on any atom is 0.407 e. The number of nitrogens with zero attached hydrogens (tertiary/aromatic N) is 1. The van der Waals surface area contributed by atoms with Crippen molar-refractivity contribution in [2.75, 3.05) is 6.54 Å². The van der Waals surface area contributed by atoms with Crippen LogP contribution in [0.15, 0.2) is 0 Å². The molecule has 0 aromatic carbocycles. The van der Waals surface area contributed by atoms with E-state index in [4.69, 9.17) is 28.3 Å². The van der Waals surface area contributed by atoms with Crippen LogP contribution in [0, 0.1) is 6.92 Å². The van der Waals surface area contributed by atoms with Crippen molar-refractivity contribution >= 4 is 35.2 Å². The maximum absolute atomic E-state index is 12.2. The molecule has 0 spiro atoms. The molecule has 2 atom stereocenters. The molecule has 21 heavy (non-hydrogen) atoms. The summed E-state index contributed by atoms with van der Waals surface area (Å²) in [6, 6.07) is -0.215. The molecular weight excluding hydrogens is 317 g/mol. The van der Waals surface area contributed by atoms with Crippen molar-refractivity contribution in [2.45, 2.75) is 38.8 Å². The number of carboxylic acid groups (broad SMARTS) is 1. The second kappa shape index (κ2) is 6.15. The fraction of sp³-hybridized carbons (Fsp3) is 0.538. The highest BCUT2D eigenvalue weighted by molar-refractivity contribution is 6.44. The van der Waals surface area contributed by atoms with Gasteiger partial charge in [-0.25, -0.2) is 4.79 Å². The molecule has 6 nitrogen and oxygen atoms in total. The van der Waals surface area contributed by atoms with Crippen LogP contribution in [0.5, 0.6) is 0 Å². The molecule has 1 fully saturated rings. The summed E-state index contributed by atoms with van der Waals surface area (Å²) >= 11 is 12.0. The Morgan fingerprint density at radius 3 is 2.52 bits per heavy atom. The Morgan fingerprint density at radius 1 is 1.38 bits per heavy atom. The van der Waals surface area contributed by atoms with E-state index in [1.807, 2.05) is 6.92 Å². The van der Waals surface area contributed by atoms with Gasteiger partial charge in [0.15, 0.2) is 0 Å². The lowest BCUT2D eigenvalue weighted by Gasteiger charge is -2.36. The van der Waals surface area contributed by atoms with Crippen molar-refractivity contribution in [3.63, 3.8) is 0 Å². The molecule has 1 aliphatic heterocycles. The minimum atomic E-state index is -0.929. The highest BCUT2D eigenvalue weighted by Crippen LogP contribution is 2.29. The Balaban J connectivity index is 2.01. The summed E-state index contributed by atoms with van der Waals surface area (Å²) < 4.78 is 0. The first-order chi connectivity index (χ1) is 9.81. The minimum Gasteiger partial charge on any atom is -0.465 e. The van der Waals surface area contributed by atoms with Gasteiger partial charge >= 0.3 is 6.09 Å². The number of hydrogen-bond donors (Lipinski definition) is 3. The van der Waals surface area contributed by atoms with E-state index in [1.54, 1.807) is 6.92 Å². The van der Waals surface area contributed by atoms with Crippen LogP contribution >= 0.6 is 23.2 Å². The van der Waals surface area contributed by atoms with Gasteiger partial charge in [0.25, 0.3) is 5.91 Å². The largest absolute Gasteiger partial charge is 0.465 e. The van der Waals surface area contributed by atoms with Crippen molar-refractivity contribution in [2.24, 2.45) is 0 Å². The number of H-pyrrole nitrogens is 1. The summed E-state index contributed by atoms with van der Waals surface area (Å²) in [6.07, 6.45) is 0.221. The van der Waals surface area contributed by atoms with Gasteiger partial charge in [-0.05, 0) is 26.7 Å². The molecule has 1 aromatic rings. The predicted molar refractivity (Wildman–Crippen MR) is 80.2 cm³/mol. The third-order valence-corrected chi connectivity index (χ3v) is 4.69. The van der Waals surface area contributed by atoms with Crippen LogP contribution in [0.25, 0.3) is 0 Å². The molecule has 1 aliphatic rings. The number of aromatic nitrogens is 1. The number of carbonyl (C=O) groups is 2. The third-order valence-electron chi connectivity index (χ3n) is 3.74. The topological polar surface area (TPSA) is 85.4 Å². The molecule has 2 rings (SSSR count). The summed E-state index contributed by atoms with van der Waals surface area (Å²) in [6.45, 7) is 3.97. The minimum absolute atomic E-state index is 0.0819. The number of halogens is 2. The second-order valence-corrected chi connectivity index (χ2v) is 6.03. The first kappa shape index (κ1) is 16.0. The number of aromatic amines is 1. The molecule has 1 saturated heterocycles. The van der Waals surface area contributed by atoms with E-state index >= 15 is 0 Å². The molecule has 0 saturated carbocycles. The Hall–Kier alpha value is -1.40. The highest BCUT2D eigenvalue weighted by Gasteiger charge is 2.30. The fourth-order valence-electron chi connectivity index (χ4n) is 2.57. The van der Waals surface area contributed by atoms with E-state index in [-0.39, 0.29) is 28.7 Å². The average Bonchev–Trinajstić information content (AvgIpc) is 2.66. The Morgan fingerprint density at radius 2 is 2.05 bits per heavy atom. The molecule has 116 valence electrons. The predicted octanol–water partition coefficient (Wildman–Crippen LogP) is 2.89. The molecule has 3 N–H and O–H groups in total. The lowest BCUT2D eigenvalue weighted by Crippen LogP contribution is -2.50. The lowest BCUT2D eigenvalue weighted by atomic mass is 9.98. The van der Waals surface area contributed by atoms with Gasteiger partial charge in [-0.15, -0.1) is 0 Å². The van der Waals surface area contributed by atoms with Crippen molar-refractivity contribution in [1.82, 2.24) is 15.2 Å². The number of likely N-dealkylation sites (tertiary alicyclic amines) is 1. The first-order valence-electron chi connectivity index (χ1n) is 6.65. The molecule has 2 amide bonds. The fourth-order valence-corrected chi connectivity index (χ4v) is 2.99. The number of nitrogens with one attached hydrogen (secondary N) is 2. The van der Waals surface area contributed by atoms with Gasteiger partial charge in [-0.3, -0.25) is 4.79 Å². The van der Waals surface area contributed by atoms with Crippen molar-refractivity contribution in [3.8, 4) is 0 Å². The van der Waals surface area contributed by atoms with E-state index in [0.29, 0.717) is 30.1 Å². The zero-order chi connectivity index (χ0) is 15.7. The monoisotopic (exact) mass is 333 g/mol. The van der Waals surface area contributed by atoms with Gasteiger partial charge in [0.1, 0.15) is 5.69 Å². The molecule has 1 aromatic heterocycles. The van der Waals surface area contributed by atoms with Gasteiger partial charge in [-0.2, -0.15) is 0 Å². The van der Waals surface area contributed by atoms with Crippen LogP contribution in [0.1, 0.15) is 35.9 Å². The van der Waals surface area contributed by atoms with E-state index in [2.05, 4.69) is 10.3 Å². The number of hydrogen-bond acceptors (Lipinski definition) is 2. The molecule has 0 radical (unpaired) electrons. The van der Waals surface area contributed by atoms with Crippen LogP contribution in [-0.2, 0) is 0 Å². The quantitative estimate of drug-likeness (QED) is 0.777. The average molecular weight is 334 g/mol. The molecule has 2 heterocycles. The molecule has 8 heteroatoms. The maximum atomic E-state index is 12.2. The van der Waals surface area contributed by atoms with Gasteiger partial charge in [0.05, 0.1) is 10.0 Å². The van der Waals surface area contributed by atoms with Crippen LogP contribution in [0.3, 0.4) is 0 Å². The van der Waals surface area contributed by atoms with Crippen molar-refractivity contribution < 1.29 is 14.7 Å². The van der Waals surface area contributed by atoms with E-state index in [1.165, 1.54) is 4.90 Å². The normalized spacial score (nSPS) is 22.2. The van der Waals surface area contributed by atoms with Gasteiger partial charge in [0.2, 0.25) is 0 Å². The summed E-state index contributed by atoms with van der Waals surface area (Å²) in [5, 5.41) is 12.5. The lowest BCUT2D eigenvalue weighted by molar-refractivity contribution is 0.0851. The van der Waals surface area contributed by atoms with E-state index in [0.717, 1.165) is 0 Å². The Bertz CT molecular complexity index is 573. The molecular formula is C13H17Cl2N3O3. The SMILES string of the molecule is Cc1[nH]c(C(=O)NC2CCN(C(=O)O)C(C)C2)c(Cl)c1Cl. The first-order valence-corrected chi connectivity index (χ1v) is 7.40. The second-order valence-electron chi connectivity index (χ2n) is 5.27. The van der Waals surface area contributed by atoms with Crippen LogP contribution in [0.4, 0.5) is 4.79 Å². The number of rotatable bonds is 2.